The lowest BCUT2D eigenvalue weighted by atomic mass is 9.98. The maximum Gasteiger partial charge on any atom is 0.407 e. The number of hydrogen-bond acceptors (Lipinski definition) is 3. The van der Waals surface area contributed by atoms with Gasteiger partial charge in [0.1, 0.15) is 12.4 Å². The number of hydrogen-bond donors (Lipinski definition) is 1. The van der Waals surface area contributed by atoms with Crippen LogP contribution in [0.25, 0.3) is 28.0 Å². The van der Waals surface area contributed by atoms with Gasteiger partial charge in [0, 0.05) is 17.8 Å². The van der Waals surface area contributed by atoms with Crippen molar-refractivity contribution in [3.05, 3.63) is 108 Å². The lowest BCUT2D eigenvalue weighted by Gasteiger charge is -2.14. The van der Waals surface area contributed by atoms with Crippen LogP contribution >= 0.6 is 0 Å². The molecule has 1 N–H and O–H groups in total. The Bertz CT molecular complexity index is 1300. The number of amides is 1. The van der Waals surface area contributed by atoms with Crippen molar-refractivity contribution in [2.24, 2.45) is 0 Å². The molecule has 0 saturated heterocycles. The first kappa shape index (κ1) is 20.8. The lowest BCUT2D eigenvalue weighted by Crippen LogP contribution is -2.26. The first-order valence-electron chi connectivity index (χ1n) is 11.1. The number of carbonyl (C=O) groups is 1. The molecule has 0 spiro atoms. The van der Waals surface area contributed by atoms with Gasteiger partial charge < -0.3 is 14.8 Å². The maximum absolute atomic E-state index is 12.3. The van der Waals surface area contributed by atoms with Crippen molar-refractivity contribution in [3.8, 4) is 16.9 Å². The van der Waals surface area contributed by atoms with Crippen molar-refractivity contribution < 1.29 is 14.3 Å². The van der Waals surface area contributed by atoms with Gasteiger partial charge in [-0.3, -0.25) is 0 Å². The molecule has 4 aromatic carbocycles. The fraction of sp³-hybridized carbons (Fsp3) is 0.138. The molecule has 0 atom stereocenters. The average molecular weight is 436 g/mol. The van der Waals surface area contributed by atoms with E-state index in [0.717, 1.165) is 22.1 Å². The van der Waals surface area contributed by atoms with E-state index in [4.69, 9.17) is 9.47 Å². The highest BCUT2D eigenvalue weighted by Crippen LogP contribution is 2.44. The Kier molecular flexibility index (Phi) is 5.81. The van der Waals surface area contributed by atoms with Crippen LogP contribution in [0.5, 0.6) is 5.75 Å². The SMILES string of the molecule is COc1ccc(C=CCNC(=O)OCC2c3ccccc3-c3ccccc32)c2ccccc12. The second kappa shape index (κ2) is 9.21. The summed E-state index contributed by atoms with van der Waals surface area (Å²) in [5.41, 5.74) is 5.92. The van der Waals surface area contributed by atoms with E-state index >= 15 is 0 Å². The molecule has 1 amide bonds. The third-order valence-corrected chi connectivity index (χ3v) is 6.14. The van der Waals surface area contributed by atoms with Crippen LogP contribution in [0.3, 0.4) is 0 Å². The van der Waals surface area contributed by atoms with Gasteiger partial charge in [-0.15, -0.1) is 0 Å². The quantitative estimate of drug-likeness (QED) is 0.381. The Balaban J connectivity index is 1.20. The lowest BCUT2D eigenvalue weighted by molar-refractivity contribution is 0.144. The molecule has 0 fully saturated rings. The number of benzene rings is 4. The summed E-state index contributed by atoms with van der Waals surface area (Å²) in [6, 6.07) is 28.7. The summed E-state index contributed by atoms with van der Waals surface area (Å²) >= 11 is 0. The normalized spacial score (nSPS) is 12.5. The second-order valence-electron chi connectivity index (χ2n) is 8.01. The third-order valence-electron chi connectivity index (χ3n) is 6.14. The smallest absolute Gasteiger partial charge is 0.407 e. The van der Waals surface area contributed by atoms with Crippen molar-refractivity contribution in [1.82, 2.24) is 5.32 Å². The van der Waals surface area contributed by atoms with E-state index in [-0.39, 0.29) is 5.92 Å². The number of rotatable bonds is 6. The number of methoxy groups -OCH3 is 1. The highest BCUT2D eigenvalue weighted by atomic mass is 16.5. The summed E-state index contributed by atoms with van der Waals surface area (Å²) in [6.45, 7) is 0.698. The first-order valence-corrected chi connectivity index (χ1v) is 11.1. The predicted molar refractivity (Wildman–Crippen MR) is 133 cm³/mol. The fourth-order valence-electron chi connectivity index (χ4n) is 4.60. The zero-order valence-electron chi connectivity index (χ0n) is 18.5. The van der Waals surface area contributed by atoms with Crippen LogP contribution in [-0.2, 0) is 4.74 Å². The number of ether oxygens (including phenoxy) is 2. The van der Waals surface area contributed by atoms with Crippen molar-refractivity contribution in [2.75, 3.05) is 20.3 Å². The van der Waals surface area contributed by atoms with Gasteiger partial charge in [0.25, 0.3) is 0 Å². The van der Waals surface area contributed by atoms with Crippen LogP contribution in [0.1, 0.15) is 22.6 Å². The highest BCUT2D eigenvalue weighted by molar-refractivity contribution is 5.95. The number of alkyl carbamates (subject to hydrolysis) is 1. The summed E-state index contributed by atoms with van der Waals surface area (Å²) in [5, 5.41) is 4.99. The third kappa shape index (κ3) is 4.08. The minimum absolute atomic E-state index is 0.0596. The molecule has 1 aliphatic rings. The van der Waals surface area contributed by atoms with E-state index in [2.05, 4.69) is 35.6 Å². The molecule has 0 saturated carbocycles. The Labute approximate surface area is 193 Å². The maximum atomic E-state index is 12.3. The van der Waals surface area contributed by atoms with E-state index in [9.17, 15) is 4.79 Å². The molecule has 0 radical (unpaired) electrons. The molecule has 4 nitrogen and oxygen atoms in total. The van der Waals surface area contributed by atoms with Crippen molar-refractivity contribution in [2.45, 2.75) is 5.92 Å². The molecule has 164 valence electrons. The van der Waals surface area contributed by atoms with Gasteiger partial charge in [0.15, 0.2) is 0 Å². The van der Waals surface area contributed by atoms with E-state index < -0.39 is 6.09 Å². The predicted octanol–water partition coefficient (Wildman–Crippen LogP) is 6.40. The fourth-order valence-corrected chi connectivity index (χ4v) is 4.60. The van der Waals surface area contributed by atoms with Crippen molar-refractivity contribution in [1.29, 1.82) is 0 Å². The van der Waals surface area contributed by atoms with E-state index in [1.165, 1.54) is 22.3 Å². The zero-order valence-corrected chi connectivity index (χ0v) is 18.5. The first-order chi connectivity index (χ1) is 16.3. The van der Waals surface area contributed by atoms with Crippen LogP contribution in [0.2, 0.25) is 0 Å². The summed E-state index contributed by atoms with van der Waals surface area (Å²) < 4.78 is 11.0. The zero-order chi connectivity index (χ0) is 22.6. The molecule has 33 heavy (non-hydrogen) atoms. The highest BCUT2D eigenvalue weighted by Gasteiger charge is 2.28. The minimum atomic E-state index is -0.416. The Morgan fingerprint density at radius 1 is 0.848 bits per heavy atom. The van der Waals surface area contributed by atoms with Crippen LogP contribution < -0.4 is 10.1 Å². The number of fused-ring (bicyclic) bond motifs is 4. The Hall–Kier alpha value is -4.05. The summed E-state index contributed by atoms with van der Waals surface area (Å²) in [7, 11) is 1.68. The topological polar surface area (TPSA) is 47.6 Å². The molecule has 4 heteroatoms. The van der Waals surface area contributed by atoms with Gasteiger partial charge >= 0.3 is 6.09 Å². The van der Waals surface area contributed by atoms with Crippen LogP contribution in [0.15, 0.2) is 91.0 Å². The molecular weight excluding hydrogens is 410 g/mol. The summed E-state index contributed by atoms with van der Waals surface area (Å²) in [6.07, 6.45) is 3.52. The van der Waals surface area contributed by atoms with Gasteiger partial charge in [-0.2, -0.15) is 0 Å². The van der Waals surface area contributed by atoms with Crippen LogP contribution in [0, 0.1) is 0 Å². The molecule has 1 aliphatic carbocycles. The molecule has 0 aromatic heterocycles. The number of nitrogens with one attached hydrogen (secondary N) is 1. The monoisotopic (exact) mass is 435 g/mol. The van der Waals surface area contributed by atoms with E-state index in [1.54, 1.807) is 7.11 Å². The molecular formula is C29H25NO3. The Morgan fingerprint density at radius 2 is 1.48 bits per heavy atom. The standard InChI is InChI=1S/C29H25NO3/c1-32-28-17-16-20(21-10-2-7-15-26(21)28)9-8-18-30-29(31)33-19-27-24-13-5-3-11-22(24)23-12-4-6-14-25(23)27/h2-17,27H,18-19H2,1H3,(H,30,31). The van der Waals surface area contributed by atoms with Crippen LogP contribution in [0.4, 0.5) is 4.79 Å². The van der Waals surface area contributed by atoms with Crippen molar-refractivity contribution in [3.63, 3.8) is 0 Å². The van der Waals surface area contributed by atoms with Crippen LogP contribution in [-0.4, -0.2) is 26.4 Å². The minimum Gasteiger partial charge on any atom is -0.496 e. The Morgan fingerprint density at radius 3 is 2.18 bits per heavy atom. The summed E-state index contributed by atoms with van der Waals surface area (Å²) in [5.74, 6) is 0.906. The molecule has 0 aliphatic heterocycles. The largest absolute Gasteiger partial charge is 0.496 e. The average Bonchev–Trinajstić information content (AvgIpc) is 3.19. The van der Waals surface area contributed by atoms with E-state index in [0.29, 0.717) is 13.2 Å². The van der Waals surface area contributed by atoms with Gasteiger partial charge in [0.05, 0.1) is 7.11 Å². The molecule has 0 heterocycles. The van der Waals surface area contributed by atoms with Gasteiger partial charge in [-0.25, -0.2) is 4.79 Å². The summed E-state index contributed by atoms with van der Waals surface area (Å²) in [4.78, 5) is 12.3. The molecule has 4 aromatic rings. The van der Waals surface area contributed by atoms with Gasteiger partial charge in [0.2, 0.25) is 0 Å². The molecule has 5 rings (SSSR count). The van der Waals surface area contributed by atoms with E-state index in [1.807, 2.05) is 66.7 Å². The second-order valence-corrected chi connectivity index (χ2v) is 8.01. The molecule has 0 bridgehead atoms. The molecule has 0 unspecified atom stereocenters. The number of carbonyl (C=O) groups excluding carboxylic acids is 1. The van der Waals surface area contributed by atoms with Gasteiger partial charge in [-0.05, 0) is 39.3 Å². The van der Waals surface area contributed by atoms with Gasteiger partial charge in [-0.1, -0.05) is 91.0 Å². The van der Waals surface area contributed by atoms with Crippen molar-refractivity contribution >= 4 is 22.9 Å².